The molecule has 0 saturated heterocycles. The van der Waals surface area contributed by atoms with Crippen LogP contribution in [0.15, 0.2) is 76.0 Å². The molecule has 1 saturated carbocycles. The lowest BCUT2D eigenvalue weighted by atomic mass is 10.1. The molecule has 1 aromatic heterocycles. The van der Waals surface area contributed by atoms with Gasteiger partial charge >= 0.3 is 0 Å². The largest absolute Gasteiger partial charge is 0.460 e. The van der Waals surface area contributed by atoms with E-state index in [1.807, 2.05) is 18.2 Å². The van der Waals surface area contributed by atoms with E-state index in [1.165, 1.54) is 48.2 Å². The maximum atomic E-state index is 13.7. The molecule has 0 unspecified atom stereocenters. The molecule has 5 rings (SSSR count). The van der Waals surface area contributed by atoms with E-state index in [2.05, 4.69) is 4.72 Å². The van der Waals surface area contributed by atoms with E-state index in [0.717, 1.165) is 18.4 Å². The average Bonchev–Trinajstić information content (AvgIpc) is 3.81. The molecular formula is C34H37FN2O7S. The highest BCUT2D eigenvalue weighted by Crippen LogP contribution is 2.45. The Morgan fingerprint density at radius 2 is 1.73 bits per heavy atom. The molecule has 0 bridgehead atoms. The Balaban J connectivity index is 1.11. The molecule has 0 aliphatic heterocycles. The van der Waals surface area contributed by atoms with Crippen molar-refractivity contribution in [2.75, 3.05) is 38.3 Å². The molecule has 9 nitrogen and oxygen atoms in total. The fourth-order valence-electron chi connectivity index (χ4n) is 4.98. The van der Waals surface area contributed by atoms with Crippen LogP contribution in [-0.4, -0.2) is 53.5 Å². The normalized spacial score (nSPS) is 13.3. The zero-order valence-electron chi connectivity index (χ0n) is 25.4. The minimum atomic E-state index is -3.85. The minimum absolute atomic E-state index is 0.0117. The Hall–Kier alpha value is -3.90. The number of ether oxygens (including phenoxy) is 2. The number of rotatable bonds is 16. The van der Waals surface area contributed by atoms with Crippen molar-refractivity contribution in [1.82, 2.24) is 4.72 Å². The van der Waals surface area contributed by atoms with Gasteiger partial charge in [0.05, 0.1) is 30.3 Å². The third kappa shape index (κ3) is 8.23. The molecule has 0 spiro atoms. The number of fused-ring (bicyclic) bond motifs is 1. The van der Waals surface area contributed by atoms with Crippen LogP contribution in [0.3, 0.4) is 0 Å². The van der Waals surface area contributed by atoms with Crippen LogP contribution in [0.25, 0.3) is 11.0 Å². The lowest BCUT2D eigenvalue weighted by Crippen LogP contribution is -2.27. The van der Waals surface area contributed by atoms with Crippen molar-refractivity contribution in [3.05, 3.63) is 95.0 Å². The molecular weight excluding hydrogens is 599 g/mol. The summed E-state index contributed by atoms with van der Waals surface area (Å²) in [6.07, 6.45) is 3.01. The minimum Gasteiger partial charge on any atom is -0.460 e. The van der Waals surface area contributed by atoms with Crippen LogP contribution in [-0.2, 0) is 26.1 Å². The first-order valence-electron chi connectivity index (χ1n) is 15.0. The molecule has 1 aliphatic rings. The van der Waals surface area contributed by atoms with E-state index in [-0.39, 0.29) is 29.0 Å². The number of ketones is 1. The molecule has 0 radical (unpaired) electrons. The second-order valence-corrected chi connectivity index (χ2v) is 12.9. The van der Waals surface area contributed by atoms with Gasteiger partial charge in [-0.15, -0.1) is 0 Å². The zero-order chi connectivity index (χ0) is 32.0. The van der Waals surface area contributed by atoms with Crippen LogP contribution in [0.2, 0.25) is 0 Å². The first kappa shape index (κ1) is 32.5. The van der Waals surface area contributed by atoms with Crippen LogP contribution in [0.4, 0.5) is 10.1 Å². The molecule has 1 amide bonds. The molecule has 11 heteroatoms. The Labute approximate surface area is 262 Å². The number of carbonyl (C=O) groups excluding carboxylic acids is 2. The number of hydrogen-bond donors (Lipinski definition) is 1. The molecule has 1 heterocycles. The summed E-state index contributed by atoms with van der Waals surface area (Å²) in [6, 6.07) is 17.5. The van der Waals surface area contributed by atoms with E-state index in [9.17, 15) is 22.4 Å². The number of nitrogens with zero attached hydrogens (tertiary/aromatic N) is 1. The Kier molecular flexibility index (Phi) is 10.4. The smallest absolute Gasteiger partial charge is 0.262 e. The first-order chi connectivity index (χ1) is 21.6. The van der Waals surface area contributed by atoms with Gasteiger partial charge in [0, 0.05) is 42.8 Å². The number of sulfonamides is 1. The number of amides is 1. The van der Waals surface area contributed by atoms with Crippen LogP contribution in [0, 0.1) is 5.82 Å². The van der Waals surface area contributed by atoms with Gasteiger partial charge in [-0.25, -0.2) is 17.5 Å². The molecule has 1 aliphatic carbocycles. The molecule has 45 heavy (non-hydrogen) atoms. The molecule has 238 valence electrons. The molecule has 4 aromatic rings. The van der Waals surface area contributed by atoms with Crippen molar-refractivity contribution in [2.45, 2.75) is 50.0 Å². The van der Waals surface area contributed by atoms with Gasteiger partial charge in [0.2, 0.25) is 10.0 Å². The maximum absolute atomic E-state index is 13.7. The van der Waals surface area contributed by atoms with Gasteiger partial charge in [-0.2, -0.15) is 0 Å². The monoisotopic (exact) mass is 636 g/mol. The third-order valence-corrected chi connectivity index (χ3v) is 9.12. The lowest BCUT2D eigenvalue weighted by molar-refractivity contribution is 0.0395. The van der Waals surface area contributed by atoms with Crippen molar-refractivity contribution in [1.29, 1.82) is 0 Å². The predicted octanol–water partition coefficient (Wildman–Crippen LogP) is 6.22. The number of nitrogens with one attached hydrogen (secondary N) is 1. The van der Waals surface area contributed by atoms with Gasteiger partial charge in [0.15, 0.2) is 5.78 Å². The van der Waals surface area contributed by atoms with Gasteiger partial charge in [-0.05, 0) is 86.7 Å². The number of halogens is 1. The number of carbonyl (C=O) groups is 2. The van der Waals surface area contributed by atoms with Gasteiger partial charge in [-0.1, -0.05) is 18.2 Å². The quantitative estimate of drug-likeness (QED) is 0.115. The predicted molar refractivity (Wildman–Crippen MR) is 169 cm³/mol. The van der Waals surface area contributed by atoms with E-state index in [0.29, 0.717) is 72.8 Å². The number of hydrogen-bond acceptors (Lipinski definition) is 7. The number of Topliss-reactive ketones (excluding diaryl/α,β-unsaturated/α-hetero) is 1. The third-order valence-electron chi connectivity index (χ3n) is 7.66. The summed E-state index contributed by atoms with van der Waals surface area (Å²) in [5.41, 5.74) is 2.86. The van der Waals surface area contributed by atoms with Crippen LogP contribution in [0.1, 0.15) is 70.6 Å². The van der Waals surface area contributed by atoms with Crippen LogP contribution >= 0.6 is 0 Å². The fraction of sp³-hybridized carbons (Fsp3) is 0.353. The second-order valence-electron chi connectivity index (χ2n) is 11.1. The van der Waals surface area contributed by atoms with Gasteiger partial charge in [0.1, 0.15) is 17.2 Å². The summed E-state index contributed by atoms with van der Waals surface area (Å²) in [5, 5.41) is 0.431. The molecule has 3 aromatic carbocycles. The Morgan fingerprint density at radius 1 is 0.978 bits per heavy atom. The van der Waals surface area contributed by atoms with E-state index in [4.69, 9.17) is 13.9 Å². The van der Waals surface area contributed by atoms with Gasteiger partial charge in [-0.3, -0.25) is 9.59 Å². The van der Waals surface area contributed by atoms with Crippen molar-refractivity contribution in [3.8, 4) is 0 Å². The number of anilines is 1. The SMILES string of the molecule is CC(=O)c1cccc(COCCOCCCCNS(=O)(=O)c2ccc3oc(C4CC4)c(C(=O)N(C)c4ccc(F)cc4)c3c2)c1. The molecule has 1 fully saturated rings. The summed E-state index contributed by atoms with van der Waals surface area (Å²) in [5.74, 6) is -0.0821. The topological polar surface area (TPSA) is 115 Å². The zero-order valence-corrected chi connectivity index (χ0v) is 26.2. The highest BCUT2D eigenvalue weighted by atomic mass is 32.2. The fourth-order valence-corrected chi connectivity index (χ4v) is 6.08. The van der Waals surface area contributed by atoms with Crippen molar-refractivity contribution < 1.29 is 36.3 Å². The average molecular weight is 637 g/mol. The Morgan fingerprint density at radius 3 is 2.47 bits per heavy atom. The number of furan rings is 1. The molecule has 1 N–H and O–H groups in total. The highest BCUT2D eigenvalue weighted by Gasteiger charge is 2.35. The van der Waals surface area contributed by atoms with Crippen LogP contribution in [0.5, 0.6) is 0 Å². The van der Waals surface area contributed by atoms with Crippen molar-refractivity contribution in [3.63, 3.8) is 0 Å². The second kappa shape index (κ2) is 14.5. The standard InChI is InChI=1S/C34H37FN2O7S/c1-23(38)26-7-5-6-24(20-26)22-43-19-18-42-17-4-3-16-36-45(40,41)29-14-15-31-30(21-29)32(33(44-31)25-8-9-25)34(39)37(2)28-12-10-27(35)11-13-28/h5-7,10-15,20-21,25,36H,3-4,8-9,16-19,22H2,1-2H3. The summed E-state index contributed by atoms with van der Waals surface area (Å²) in [4.78, 5) is 26.6. The lowest BCUT2D eigenvalue weighted by Gasteiger charge is -2.17. The summed E-state index contributed by atoms with van der Waals surface area (Å²) in [6.45, 7) is 3.41. The van der Waals surface area contributed by atoms with E-state index >= 15 is 0 Å². The van der Waals surface area contributed by atoms with E-state index in [1.54, 1.807) is 19.2 Å². The molecule has 0 atom stereocenters. The Bertz CT molecular complexity index is 1770. The highest BCUT2D eigenvalue weighted by molar-refractivity contribution is 7.89. The number of unbranched alkanes of at least 4 members (excludes halogenated alkanes) is 1. The van der Waals surface area contributed by atoms with Crippen molar-refractivity contribution in [2.24, 2.45) is 0 Å². The number of benzene rings is 3. The maximum Gasteiger partial charge on any atom is 0.262 e. The summed E-state index contributed by atoms with van der Waals surface area (Å²) < 4.78 is 59.6. The van der Waals surface area contributed by atoms with Gasteiger partial charge < -0.3 is 18.8 Å². The van der Waals surface area contributed by atoms with Crippen LogP contribution < -0.4 is 9.62 Å². The van der Waals surface area contributed by atoms with Crippen molar-refractivity contribution >= 4 is 38.4 Å². The first-order valence-corrected chi connectivity index (χ1v) is 16.5. The van der Waals surface area contributed by atoms with Gasteiger partial charge in [0.25, 0.3) is 5.91 Å². The summed E-state index contributed by atoms with van der Waals surface area (Å²) >= 11 is 0. The summed E-state index contributed by atoms with van der Waals surface area (Å²) in [7, 11) is -2.25. The van der Waals surface area contributed by atoms with E-state index < -0.39 is 15.8 Å².